The van der Waals surface area contributed by atoms with Crippen molar-refractivity contribution in [3.8, 4) is 0 Å². The molecule has 1 unspecified atom stereocenters. The van der Waals surface area contributed by atoms with Crippen LogP contribution in [0.25, 0.3) is 0 Å². The van der Waals surface area contributed by atoms with Crippen molar-refractivity contribution < 1.29 is 13.9 Å². The van der Waals surface area contributed by atoms with E-state index in [0.717, 1.165) is 12.8 Å². The number of esters is 1. The van der Waals surface area contributed by atoms with E-state index < -0.39 is 0 Å². The second kappa shape index (κ2) is 6.38. The van der Waals surface area contributed by atoms with Crippen LogP contribution in [0.1, 0.15) is 42.6 Å². The van der Waals surface area contributed by atoms with Crippen molar-refractivity contribution >= 4 is 5.97 Å². The fourth-order valence-corrected chi connectivity index (χ4v) is 1.65. The third-order valence-corrected chi connectivity index (χ3v) is 2.67. The summed E-state index contributed by atoms with van der Waals surface area (Å²) in [6.07, 6.45) is 2.12. The Morgan fingerprint density at radius 2 is 2.18 bits per heavy atom. The van der Waals surface area contributed by atoms with Gasteiger partial charge in [0.05, 0.1) is 12.2 Å². The summed E-state index contributed by atoms with van der Waals surface area (Å²) in [4.78, 5) is 11.7. The first-order valence-corrected chi connectivity index (χ1v) is 5.97. The normalized spacial score (nSPS) is 12.2. The van der Waals surface area contributed by atoms with Crippen LogP contribution in [0.15, 0.2) is 18.2 Å². The molecule has 17 heavy (non-hydrogen) atoms. The van der Waals surface area contributed by atoms with Gasteiger partial charge in [0.15, 0.2) is 0 Å². The molecule has 0 aromatic heterocycles. The minimum atomic E-state index is -0.379. The van der Waals surface area contributed by atoms with Crippen LogP contribution in [0.3, 0.4) is 0 Å². The van der Waals surface area contributed by atoms with Gasteiger partial charge >= 0.3 is 5.97 Å². The molecule has 3 heteroatoms. The molecule has 1 atom stereocenters. The number of carbonyl (C=O) groups excluding carboxylic acids is 1. The molecule has 1 aromatic rings. The minimum absolute atomic E-state index is 0.305. The maximum atomic E-state index is 13.0. The van der Waals surface area contributed by atoms with Crippen molar-refractivity contribution in [1.29, 1.82) is 0 Å². The third kappa shape index (κ3) is 4.17. The largest absolute Gasteiger partial charge is 0.462 e. The molecule has 0 radical (unpaired) electrons. The highest BCUT2D eigenvalue weighted by molar-refractivity contribution is 5.89. The van der Waals surface area contributed by atoms with Crippen molar-refractivity contribution in [3.05, 3.63) is 35.1 Å². The highest BCUT2D eigenvalue weighted by atomic mass is 19.1. The molecule has 1 aromatic carbocycles. The van der Waals surface area contributed by atoms with Crippen LogP contribution >= 0.6 is 0 Å². The van der Waals surface area contributed by atoms with E-state index >= 15 is 0 Å². The predicted molar refractivity (Wildman–Crippen MR) is 65.5 cm³/mol. The predicted octanol–water partition coefficient (Wildman–Crippen LogP) is 3.73. The summed E-state index contributed by atoms with van der Waals surface area (Å²) in [6.45, 7) is 6.20. The van der Waals surface area contributed by atoms with Gasteiger partial charge in [-0.1, -0.05) is 20.3 Å². The zero-order valence-electron chi connectivity index (χ0n) is 10.6. The van der Waals surface area contributed by atoms with Crippen molar-refractivity contribution in [2.45, 2.75) is 33.6 Å². The van der Waals surface area contributed by atoms with Gasteiger partial charge < -0.3 is 4.74 Å². The van der Waals surface area contributed by atoms with Gasteiger partial charge in [0.2, 0.25) is 0 Å². The second-order valence-corrected chi connectivity index (χ2v) is 4.46. The molecule has 0 fully saturated rings. The van der Waals surface area contributed by atoms with Crippen LogP contribution in [0.2, 0.25) is 0 Å². The molecule has 0 aliphatic heterocycles. The Morgan fingerprint density at radius 3 is 2.76 bits per heavy atom. The monoisotopic (exact) mass is 238 g/mol. The van der Waals surface area contributed by atoms with E-state index in [2.05, 4.69) is 6.92 Å². The third-order valence-electron chi connectivity index (χ3n) is 2.67. The maximum absolute atomic E-state index is 13.0. The fraction of sp³-hybridized carbons (Fsp3) is 0.500. The summed E-state index contributed by atoms with van der Waals surface area (Å²) in [5, 5.41) is 0. The van der Waals surface area contributed by atoms with Gasteiger partial charge in [0, 0.05) is 0 Å². The Balaban J connectivity index is 2.55. The van der Waals surface area contributed by atoms with E-state index in [1.165, 1.54) is 18.2 Å². The minimum Gasteiger partial charge on any atom is -0.462 e. The highest BCUT2D eigenvalue weighted by Crippen LogP contribution is 2.12. The molecule has 0 aliphatic carbocycles. The Labute approximate surface area is 102 Å². The summed E-state index contributed by atoms with van der Waals surface area (Å²) < 4.78 is 18.2. The number of rotatable bonds is 5. The summed E-state index contributed by atoms with van der Waals surface area (Å²) >= 11 is 0. The molecule has 2 nitrogen and oxygen atoms in total. The van der Waals surface area contributed by atoms with Crippen molar-refractivity contribution in [1.82, 2.24) is 0 Å². The van der Waals surface area contributed by atoms with Crippen LogP contribution in [0.4, 0.5) is 4.39 Å². The average Bonchev–Trinajstić information content (AvgIpc) is 2.30. The van der Waals surface area contributed by atoms with Crippen LogP contribution in [-0.4, -0.2) is 12.6 Å². The SMILES string of the molecule is CCCC(C)COC(=O)c1ccc(F)c(C)c1. The van der Waals surface area contributed by atoms with Gasteiger partial charge in [-0.2, -0.15) is 0 Å². The molecule has 1 rings (SSSR count). The molecular weight excluding hydrogens is 219 g/mol. The van der Waals surface area contributed by atoms with Crippen molar-refractivity contribution in [3.63, 3.8) is 0 Å². The van der Waals surface area contributed by atoms with Crippen LogP contribution in [0.5, 0.6) is 0 Å². The van der Waals surface area contributed by atoms with Gasteiger partial charge in [-0.3, -0.25) is 0 Å². The summed E-state index contributed by atoms with van der Waals surface area (Å²) in [5.74, 6) is -0.317. The standard InChI is InChI=1S/C14H19FO2/c1-4-5-10(2)9-17-14(16)12-6-7-13(15)11(3)8-12/h6-8,10H,4-5,9H2,1-3H3. The summed E-state index contributed by atoms with van der Waals surface area (Å²) in [7, 11) is 0. The van der Waals surface area contributed by atoms with Crippen LogP contribution in [-0.2, 0) is 4.74 Å². The molecule has 0 saturated heterocycles. The van der Waals surface area contributed by atoms with E-state index in [0.29, 0.717) is 23.7 Å². The van der Waals surface area contributed by atoms with E-state index in [1.807, 2.05) is 6.92 Å². The second-order valence-electron chi connectivity index (χ2n) is 4.46. The number of halogens is 1. The number of aryl methyl sites for hydroxylation is 1. The van der Waals surface area contributed by atoms with Gasteiger partial charge in [-0.05, 0) is 43.0 Å². The smallest absolute Gasteiger partial charge is 0.338 e. The molecule has 0 saturated carbocycles. The van der Waals surface area contributed by atoms with Crippen LogP contribution < -0.4 is 0 Å². The van der Waals surface area contributed by atoms with Gasteiger partial charge in [0.1, 0.15) is 5.82 Å². The molecule has 0 aliphatic rings. The lowest BCUT2D eigenvalue weighted by atomic mass is 10.1. The van der Waals surface area contributed by atoms with E-state index in [1.54, 1.807) is 6.92 Å². The van der Waals surface area contributed by atoms with E-state index in [4.69, 9.17) is 4.74 Å². The Kier molecular flexibility index (Phi) is 5.13. The lowest BCUT2D eigenvalue weighted by Crippen LogP contribution is -2.12. The topological polar surface area (TPSA) is 26.3 Å². The molecule has 94 valence electrons. The highest BCUT2D eigenvalue weighted by Gasteiger charge is 2.10. The van der Waals surface area contributed by atoms with E-state index in [-0.39, 0.29) is 11.8 Å². The summed E-state index contributed by atoms with van der Waals surface area (Å²) in [5.41, 5.74) is 0.869. The molecule has 0 heterocycles. The molecule has 0 amide bonds. The summed E-state index contributed by atoms with van der Waals surface area (Å²) in [6, 6.07) is 4.26. The van der Waals surface area contributed by atoms with Gasteiger partial charge in [-0.25, -0.2) is 9.18 Å². The number of hydrogen-bond donors (Lipinski definition) is 0. The first-order valence-electron chi connectivity index (χ1n) is 5.97. The van der Waals surface area contributed by atoms with Crippen molar-refractivity contribution in [2.75, 3.05) is 6.61 Å². The molecule has 0 N–H and O–H groups in total. The number of ether oxygens (including phenoxy) is 1. The van der Waals surface area contributed by atoms with Crippen molar-refractivity contribution in [2.24, 2.45) is 5.92 Å². The fourth-order valence-electron chi connectivity index (χ4n) is 1.65. The number of carbonyl (C=O) groups is 1. The number of hydrogen-bond acceptors (Lipinski definition) is 2. The zero-order valence-corrected chi connectivity index (χ0v) is 10.6. The quantitative estimate of drug-likeness (QED) is 0.731. The van der Waals surface area contributed by atoms with Crippen LogP contribution in [0, 0.1) is 18.7 Å². The Morgan fingerprint density at radius 1 is 1.47 bits per heavy atom. The zero-order chi connectivity index (χ0) is 12.8. The Bertz CT molecular complexity index is 388. The Hall–Kier alpha value is -1.38. The molecule has 0 spiro atoms. The average molecular weight is 238 g/mol. The van der Waals surface area contributed by atoms with E-state index in [9.17, 15) is 9.18 Å². The number of benzene rings is 1. The molecular formula is C14H19FO2. The maximum Gasteiger partial charge on any atom is 0.338 e. The molecule has 0 bridgehead atoms. The van der Waals surface area contributed by atoms with Gasteiger partial charge in [0.25, 0.3) is 0 Å². The van der Waals surface area contributed by atoms with Gasteiger partial charge in [-0.15, -0.1) is 0 Å². The lowest BCUT2D eigenvalue weighted by molar-refractivity contribution is 0.0443. The first kappa shape index (κ1) is 13.7. The lowest BCUT2D eigenvalue weighted by Gasteiger charge is -2.11. The first-order chi connectivity index (χ1) is 8.04.